The minimum Gasteiger partial charge on any atom is -0.497 e. The van der Waals surface area contributed by atoms with Gasteiger partial charge in [-0.2, -0.15) is 0 Å². The first-order valence-electron chi connectivity index (χ1n) is 8.15. The van der Waals surface area contributed by atoms with Gasteiger partial charge in [0, 0.05) is 43.1 Å². The monoisotopic (exact) mass is 362 g/mol. The fraction of sp³-hybridized carbons (Fsp3) is 0.444. The zero-order valence-electron chi connectivity index (χ0n) is 15.5. The zero-order valence-corrected chi connectivity index (χ0v) is 16.3. The van der Waals surface area contributed by atoms with E-state index in [0.29, 0.717) is 6.54 Å². The molecule has 0 fully saturated rings. The van der Waals surface area contributed by atoms with Gasteiger partial charge in [0.25, 0.3) is 0 Å². The molecule has 0 unspecified atom stereocenters. The SMILES string of the molecule is CN=C(NCCc1sc(C)nc1C)NCc1ccc(OC)cc1OC. The van der Waals surface area contributed by atoms with E-state index in [2.05, 4.69) is 27.5 Å². The van der Waals surface area contributed by atoms with Crippen molar-refractivity contribution >= 4 is 17.3 Å². The van der Waals surface area contributed by atoms with E-state index in [4.69, 9.17) is 9.47 Å². The van der Waals surface area contributed by atoms with Gasteiger partial charge in [-0.3, -0.25) is 4.99 Å². The van der Waals surface area contributed by atoms with Crippen molar-refractivity contribution in [3.05, 3.63) is 39.3 Å². The minimum atomic E-state index is 0.617. The number of ether oxygens (including phenoxy) is 2. The predicted octanol–water partition coefficient (Wildman–Crippen LogP) is 2.68. The molecule has 6 nitrogen and oxygen atoms in total. The Hall–Kier alpha value is -2.28. The van der Waals surface area contributed by atoms with Crippen molar-refractivity contribution in [1.82, 2.24) is 15.6 Å². The lowest BCUT2D eigenvalue weighted by molar-refractivity contribution is 0.390. The summed E-state index contributed by atoms with van der Waals surface area (Å²) in [6.45, 7) is 5.52. The van der Waals surface area contributed by atoms with Crippen LogP contribution in [0.4, 0.5) is 0 Å². The highest BCUT2D eigenvalue weighted by Crippen LogP contribution is 2.24. The van der Waals surface area contributed by atoms with Crippen molar-refractivity contribution in [2.24, 2.45) is 4.99 Å². The van der Waals surface area contributed by atoms with E-state index in [0.717, 1.165) is 46.7 Å². The van der Waals surface area contributed by atoms with Crippen molar-refractivity contribution in [2.75, 3.05) is 27.8 Å². The molecule has 1 aromatic heterocycles. The molecular weight excluding hydrogens is 336 g/mol. The molecule has 0 amide bonds. The largest absolute Gasteiger partial charge is 0.497 e. The molecule has 2 aromatic rings. The van der Waals surface area contributed by atoms with E-state index in [9.17, 15) is 0 Å². The quantitative estimate of drug-likeness (QED) is 0.585. The number of hydrogen-bond donors (Lipinski definition) is 2. The molecule has 7 heteroatoms. The third kappa shape index (κ3) is 5.35. The Bertz CT molecular complexity index is 728. The van der Waals surface area contributed by atoms with E-state index in [1.165, 1.54) is 4.88 Å². The van der Waals surface area contributed by atoms with Gasteiger partial charge in [-0.15, -0.1) is 11.3 Å². The smallest absolute Gasteiger partial charge is 0.191 e. The van der Waals surface area contributed by atoms with Crippen LogP contribution in [0.3, 0.4) is 0 Å². The third-order valence-corrected chi connectivity index (χ3v) is 4.94. The number of hydrogen-bond acceptors (Lipinski definition) is 5. The normalized spacial score (nSPS) is 11.3. The highest BCUT2D eigenvalue weighted by molar-refractivity contribution is 7.11. The number of thiazole rings is 1. The second-order valence-corrected chi connectivity index (χ2v) is 6.81. The van der Waals surface area contributed by atoms with Crippen molar-refractivity contribution in [2.45, 2.75) is 26.8 Å². The fourth-order valence-electron chi connectivity index (χ4n) is 2.50. The van der Waals surface area contributed by atoms with Gasteiger partial charge in [-0.05, 0) is 26.0 Å². The second-order valence-electron chi connectivity index (χ2n) is 5.52. The molecule has 0 radical (unpaired) electrons. The number of methoxy groups -OCH3 is 2. The lowest BCUT2D eigenvalue weighted by Gasteiger charge is -2.14. The standard InChI is InChI=1S/C18H26N4O2S/c1-12-17(25-13(2)22-12)8-9-20-18(19-3)21-11-14-6-7-15(23-4)10-16(14)24-5/h6-7,10H,8-9,11H2,1-5H3,(H2,19,20,21). The van der Waals surface area contributed by atoms with Gasteiger partial charge >= 0.3 is 0 Å². The lowest BCUT2D eigenvalue weighted by Crippen LogP contribution is -2.37. The first kappa shape index (κ1) is 19.1. The Morgan fingerprint density at radius 3 is 2.60 bits per heavy atom. The van der Waals surface area contributed by atoms with Crippen LogP contribution in [0.1, 0.15) is 21.1 Å². The van der Waals surface area contributed by atoms with Gasteiger partial charge in [0.05, 0.1) is 24.9 Å². The topological polar surface area (TPSA) is 67.8 Å². The highest BCUT2D eigenvalue weighted by atomic mass is 32.1. The van der Waals surface area contributed by atoms with Crippen molar-refractivity contribution in [3.8, 4) is 11.5 Å². The summed E-state index contributed by atoms with van der Waals surface area (Å²) in [7, 11) is 5.07. The molecule has 0 saturated heterocycles. The van der Waals surface area contributed by atoms with Gasteiger partial charge in [0.15, 0.2) is 5.96 Å². The van der Waals surface area contributed by atoms with Gasteiger partial charge in [0.1, 0.15) is 11.5 Å². The van der Waals surface area contributed by atoms with Crippen molar-refractivity contribution in [1.29, 1.82) is 0 Å². The predicted molar refractivity (Wildman–Crippen MR) is 103 cm³/mol. The van der Waals surface area contributed by atoms with Gasteiger partial charge in [0.2, 0.25) is 0 Å². The third-order valence-electron chi connectivity index (χ3n) is 3.81. The molecule has 1 heterocycles. The molecular formula is C18H26N4O2S. The Morgan fingerprint density at radius 1 is 1.20 bits per heavy atom. The molecule has 0 atom stereocenters. The van der Waals surface area contributed by atoms with Crippen molar-refractivity contribution in [3.63, 3.8) is 0 Å². The summed E-state index contributed by atoms with van der Waals surface area (Å²) in [6.07, 6.45) is 0.934. The van der Waals surface area contributed by atoms with Gasteiger partial charge < -0.3 is 20.1 Å². The number of aliphatic imine (C=N–C) groups is 1. The van der Waals surface area contributed by atoms with Crippen LogP contribution in [-0.2, 0) is 13.0 Å². The summed E-state index contributed by atoms with van der Waals surface area (Å²) in [5, 5.41) is 7.76. The molecule has 25 heavy (non-hydrogen) atoms. The number of nitrogens with one attached hydrogen (secondary N) is 2. The van der Waals surface area contributed by atoms with E-state index >= 15 is 0 Å². The Labute approximate surface area is 153 Å². The lowest BCUT2D eigenvalue weighted by atomic mass is 10.2. The number of aromatic nitrogens is 1. The summed E-state index contributed by atoms with van der Waals surface area (Å²) in [5.41, 5.74) is 2.16. The maximum Gasteiger partial charge on any atom is 0.191 e. The van der Waals surface area contributed by atoms with E-state index in [1.807, 2.05) is 25.1 Å². The van der Waals surface area contributed by atoms with Crippen LogP contribution in [-0.4, -0.2) is 38.8 Å². The van der Waals surface area contributed by atoms with Crippen LogP contribution in [0.2, 0.25) is 0 Å². The Balaban J connectivity index is 1.87. The number of aryl methyl sites for hydroxylation is 2. The van der Waals surface area contributed by atoms with E-state index in [1.54, 1.807) is 32.6 Å². The molecule has 0 aliphatic heterocycles. The molecule has 0 aliphatic carbocycles. The maximum absolute atomic E-state index is 5.42. The van der Waals surface area contributed by atoms with Crippen LogP contribution in [0.15, 0.2) is 23.2 Å². The summed E-state index contributed by atoms with van der Waals surface area (Å²) in [6, 6.07) is 5.79. The molecule has 0 bridgehead atoms. The van der Waals surface area contributed by atoms with Crippen LogP contribution in [0.25, 0.3) is 0 Å². The fourth-order valence-corrected chi connectivity index (χ4v) is 3.43. The molecule has 1 aromatic carbocycles. The summed E-state index contributed by atoms with van der Waals surface area (Å²) in [4.78, 5) is 10.0. The summed E-state index contributed by atoms with van der Waals surface area (Å²) in [5.74, 6) is 2.33. The van der Waals surface area contributed by atoms with Crippen LogP contribution >= 0.6 is 11.3 Å². The maximum atomic E-state index is 5.42. The van der Waals surface area contributed by atoms with Crippen LogP contribution in [0.5, 0.6) is 11.5 Å². The zero-order chi connectivity index (χ0) is 18.2. The molecule has 2 rings (SSSR count). The Kier molecular flexibility index (Phi) is 7.06. The summed E-state index contributed by atoms with van der Waals surface area (Å²) < 4.78 is 10.6. The summed E-state index contributed by atoms with van der Waals surface area (Å²) >= 11 is 1.75. The molecule has 0 aliphatic rings. The average Bonchev–Trinajstić information content (AvgIpc) is 2.95. The molecule has 136 valence electrons. The number of guanidine groups is 1. The van der Waals surface area contributed by atoms with Gasteiger partial charge in [-0.1, -0.05) is 0 Å². The van der Waals surface area contributed by atoms with Gasteiger partial charge in [-0.25, -0.2) is 4.98 Å². The minimum absolute atomic E-state index is 0.617. The number of rotatable bonds is 7. The molecule has 2 N–H and O–H groups in total. The molecule has 0 spiro atoms. The van der Waals surface area contributed by atoms with E-state index < -0.39 is 0 Å². The number of nitrogens with zero attached hydrogens (tertiary/aromatic N) is 2. The highest BCUT2D eigenvalue weighted by Gasteiger charge is 2.07. The average molecular weight is 362 g/mol. The number of benzene rings is 1. The second kappa shape index (κ2) is 9.27. The molecule has 0 saturated carbocycles. The van der Waals surface area contributed by atoms with Crippen LogP contribution < -0.4 is 20.1 Å². The van der Waals surface area contributed by atoms with E-state index in [-0.39, 0.29) is 0 Å². The first-order chi connectivity index (χ1) is 12.1. The van der Waals surface area contributed by atoms with Crippen LogP contribution in [0, 0.1) is 13.8 Å². The first-order valence-corrected chi connectivity index (χ1v) is 8.97. The Morgan fingerprint density at radius 2 is 2.00 bits per heavy atom. The van der Waals surface area contributed by atoms with Crippen molar-refractivity contribution < 1.29 is 9.47 Å².